The van der Waals surface area contributed by atoms with E-state index in [0.29, 0.717) is 12.1 Å². The number of aliphatic hydroxyl groups excluding tert-OH is 1. The van der Waals surface area contributed by atoms with E-state index in [2.05, 4.69) is 4.98 Å². The number of rotatable bonds is 4. The molecule has 1 unspecified atom stereocenters. The first-order valence-corrected chi connectivity index (χ1v) is 9.67. The lowest BCUT2D eigenvalue weighted by Crippen LogP contribution is -2.28. The van der Waals surface area contributed by atoms with Crippen molar-refractivity contribution in [3.8, 4) is 0 Å². The van der Waals surface area contributed by atoms with Crippen LogP contribution in [0, 0.1) is 0 Å². The molecule has 130 valence electrons. The molecule has 26 heavy (non-hydrogen) atoms. The molecule has 0 aliphatic carbocycles. The lowest BCUT2D eigenvalue weighted by atomic mass is 10.0. The molecule has 1 N–H and O–H groups in total. The van der Waals surface area contributed by atoms with Crippen molar-refractivity contribution in [1.82, 2.24) is 9.88 Å². The summed E-state index contributed by atoms with van der Waals surface area (Å²) in [6.45, 7) is 0.331. The quantitative estimate of drug-likeness (QED) is 0.423. The zero-order valence-corrected chi connectivity index (χ0v) is 15.2. The Balaban J connectivity index is 1.84. The van der Waals surface area contributed by atoms with Crippen LogP contribution in [0.1, 0.15) is 21.4 Å². The number of likely N-dealkylation sites (tertiary alicyclic amines) is 1. The molecule has 7 heteroatoms. The fourth-order valence-corrected chi connectivity index (χ4v) is 4.57. The molecule has 0 bridgehead atoms. The first-order chi connectivity index (χ1) is 12.7. The van der Waals surface area contributed by atoms with E-state index in [0.717, 1.165) is 9.75 Å². The summed E-state index contributed by atoms with van der Waals surface area (Å²) in [5, 5.41) is 14.6. The SMILES string of the molecule is O=C1C(=O)N(Cc2cccs2)C(c2cccs2)/C1=C(/O)c1ccncc1. The first kappa shape index (κ1) is 16.7. The molecule has 0 aromatic carbocycles. The maximum absolute atomic E-state index is 12.7. The largest absolute Gasteiger partial charge is 0.507 e. The van der Waals surface area contributed by atoms with Crippen LogP contribution in [0.5, 0.6) is 0 Å². The summed E-state index contributed by atoms with van der Waals surface area (Å²) in [6.07, 6.45) is 3.08. The average molecular weight is 382 g/mol. The molecule has 4 rings (SSSR count). The van der Waals surface area contributed by atoms with E-state index in [1.165, 1.54) is 40.0 Å². The Hall–Kier alpha value is -2.77. The van der Waals surface area contributed by atoms with Crippen LogP contribution in [0.3, 0.4) is 0 Å². The number of hydrogen-bond acceptors (Lipinski definition) is 6. The van der Waals surface area contributed by atoms with Crippen molar-refractivity contribution >= 4 is 40.1 Å². The minimum atomic E-state index is -0.658. The highest BCUT2D eigenvalue weighted by atomic mass is 32.1. The van der Waals surface area contributed by atoms with Crippen LogP contribution in [0.15, 0.2) is 65.1 Å². The average Bonchev–Trinajstić information content (AvgIpc) is 3.41. The van der Waals surface area contributed by atoms with Gasteiger partial charge in [-0.15, -0.1) is 22.7 Å². The maximum atomic E-state index is 12.7. The van der Waals surface area contributed by atoms with Gasteiger partial charge in [0.15, 0.2) is 0 Å². The van der Waals surface area contributed by atoms with Gasteiger partial charge in [0.1, 0.15) is 11.8 Å². The second-order valence-corrected chi connectivity index (χ2v) is 7.77. The van der Waals surface area contributed by atoms with Crippen LogP contribution >= 0.6 is 22.7 Å². The minimum Gasteiger partial charge on any atom is -0.507 e. The number of Topliss-reactive ketones (excluding diaryl/α,β-unsaturated/α-hetero) is 1. The number of carbonyl (C=O) groups is 2. The Kier molecular flexibility index (Phi) is 4.40. The summed E-state index contributed by atoms with van der Waals surface area (Å²) in [5.41, 5.74) is 0.593. The number of aliphatic hydroxyl groups is 1. The fraction of sp³-hybridized carbons (Fsp3) is 0.105. The van der Waals surface area contributed by atoms with Crippen LogP contribution in [0.4, 0.5) is 0 Å². The third-order valence-electron chi connectivity index (χ3n) is 4.21. The number of pyridine rings is 1. The zero-order chi connectivity index (χ0) is 18.1. The molecule has 1 atom stereocenters. The highest BCUT2D eigenvalue weighted by Gasteiger charge is 2.46. The van der Waals surface area contributed by atoms with E-state index in [1.807, 2.05) is 35.0 Å². The number of amides is 1. The highest BCUT2D eigenvalue weighted by molar-refractivity contribution is 7.10. The van der Waals surface area contributed by atoms with Crippen molar-refractivity contribution in [2.75, 3.05) is 0 Å². The molecule has 1 aliphatic heterocycles. The smallest absolute Gasteiger partial charge is 0.296 e. The van der Waals surface area contributed by atoms with Crippen LogP contribution < -0.4 is 0 Å². The minimum absolute atomic E-state index is 0.125. The van der Waals surface area contributed by atoms with Crippen molar-refractivity contribution < 1.29 is 14.7 Å². The first-order valence-electron chi connectivity index (χ1n) is 7.91. The molecule has 0 radical (unpaired) electrons. The maximum Gasteiger partial charge on any atom is 0.296 e. The van der Waals surface area contributed by atoms with E-state index in [4.69, 9.17) is 0 Å². The summed E-state index contributed by atoms with van der Waals surface area (Å²) < 4.78 is 0. The van der Waals surface area contributed by atoms with E-state index >= 15 is 0 Å². The van der Waals surface area contributed by atoms with Gasteiger partial charge in [0.25, 0.3) is 11.7 Å². The van der Waals surface area contributed by atoms with Crippen LogP contribution in [-0.2, 0) is 16.1 Å². The van der Waals surface area contributed by atoms with Gasteiger partial charge < -0.3 is 10.0 Å². The van der Waals surface area contributed by atoms with Crippen molar-refractivity contribution in [2.45, 2.75) is 12.6 Å². The van der Waals surface area contributed by atoms with Gasteiger partial charge in [-0.05, 0) is 35.0 Å². The van der Waals surface area contributed by atoms with E-state index in [9.17, 15) is 14.7 Å². The van der Waals surface area contributed by atoms with Crippen LogP contribution in [0.25, 0.3) is 5.76 Å². The predicted octanol–water partition coefficient (Wildman–Crippen LogP) is 3.83. The molecular formula is C19H14N2O3S2. The normalized spacial score (nSPS) is 19.2. The number of aromatic nitrogens is 1. The van der Waals surface area contributed by atoms with Crippen molar-refractivity contribution in [2.24, 2.45) is 0 Å². The van der Waals surface area contributed by atoms with Crippen LogP contribution in [-0.4, -0.2) is 26.7 Å². The Morgan fingerprint density at radius 1 is 1.08 bits per heavy atom. The van der Waals surface area contributed by atoms with Gasteiger partial charge in [0.05, 0.1) is 12.1 Å². The number of thiophene rings is 2. The Bertz CT molecular complexity index is 964. The highest BCUT2D eigenvalue weighted by Crippen LogP contribution is 2.41. The zero-order valence-electron chi connectivity index (χ0n) is 13.5. The number of hydrogen-bond donors (Lipinski definition) is 1. The molecular weight excluding hydrogens is 368 g/mol. The number of carbonyl (C=O) groups excluding carboxylic acids is 2. The van der Waals surface area contributed by atoms with E-state index < -0.39 is 17.7 Å². The van der Waals surface area contributed by atoms with E-state index in [-0.39, 0.29) is 11.3 Å². The molecule has 3 aromatic rings. The molecule has 1 aliphatic rings. The van der Waals surface area contributed by atoms with Crippen molar-refractivity contribution in [1.29, 1.82) is 0 Å². The second kappa shape index (κ2) is 6.86. The summed E-state index contributed by atoms with van der Waals surface area (Å²) in [6, 6.07) is 10.2. The number of nitrogens with zero attached hydrogens (tertiary/aromatic N) is 2. The third-order valence-corrected chi connectivity index (χ3v) is 6.00. The monoisotopic (exact) mass is 382 g/mol. The van der Waals surface area contributed by atoms with Gasteiger partial charge in [-0.3, -0.25) is 14.6 Å². The van der Waals surface area contributed by atoms with E-state index in [1.54, 1.807) is 12.1 Å². The Morgan fingerprint density at radius 2 is 1.81 bits per heavy atom. The number of ketones is 1. The summed E-state index contributed by atoms with van der Waals surface area (Å²) in [7, 11) is 0. The fourth-order valence-electron chi connectivity index (χ4n) is 3.02. The molecule has 1 fully saturated rings. The summed E-state index contributed by atoms with van der Waals surface area (Å²) in [4.78, 5) is 32.8. The molecule has 1 saturated heterocycles. The summed E-state index contributed by atoms with van der Waals surface area (Å²) in [5.74, 6) is -1.42. The van der Waals surface area contributed by atoms with Gasteiger partial charge in [0.2, 0.25) is 0 Å². The molecule has 4 heterocycles. The van der Waals surface area contributed by atoms with Crippen molar-refractivity contribution in [3.63, 3.8) is 0 Å². The Labute approximate surface area is 157 Å². The standard InChI is InChI=1S/C19H14N2O3S2/c22-17(12-5-7-20-8-6-12)15-16(14-4-2-10-26-14)21(19(24)18(15)23)11-13-3-1-9-25-13/h1-10,16,22H,11H2/b17-15-. The van der Waals surface area contributed by atoms with Gasteiger partial charge in [-0.25, -0.2) is 0 Å². The molecule has 1 amide bonds. The predicted molar refractivity (Wildman–Crippen MR) is 101 cm³/mol. The van der Waals surface area contributed by atoms with Gasteiger partial charge in [-0.1, -0.05) is 12.1 Å². The molecule has 3 aromatic heterocycles. The van der Waals surface area contributed by atoms with Crippen LogP contribution in [0.2, 0.25) is 0 Å². The second-order valence-electron chi connectivity index (χ2n) is 5.76. The molecule has 5 nitrogen and oxygen atoms in total. The van der Waals surface area contributed by atoms with Gasteiger partial charge in [0, 0.05) is 27.7 Å². The molecule has 0 spiro atoms. The van der Waals surface area contributed by atoms with Crippen molar-refractivity contribution in [3.05, 3.63) is 80.4 Å². The molecule has 0 saturated carbocycles. The van der Waals surface area contributed by atoms with Gasteiger partial charge >= 0.3 is 0 Å². The summed E-state index contributed by atoms with van der Waals surface area (Å²) >= 11 is 2.99. The Morgan fingerprint density at radius 3 is 2.46 bits per heavy atom. The lowest BCUT2D eigenvalue weighted by molar-refractivity contribution is -0.140. The lowest BCUT2D eigenvalue weighted by Gasteiger charge is -2.23. The third kappa shape index (κ3) is 2.85. The van der Waals surface area contributed by atoms with Gasteiger partial charge in [-0.2, -0.15) is 0 Å². The topological polar surface area (TPSA) is 70.5 Å².